The molecule has 0 atom stereocenters. The summed E-state index contributed by atoms with van der Waals surface area (Å²) in [5, 5.41) is 4.75. The molecule has 5 aromatic rings. The van der Waals surface area contributed by atoms with Gasteiger partial charge in [-0.3, -0.25) is 0 Å². The van der Waals surface area contributed by atoms with Crippen LogP contribution in [-0.4, -0.2) is 11.5 Å². The Morgan fingerprint density at radius 3 is 2.24 bits per heavy atom. The van der Waals surface area contributed by atoms with E-state index >= 15 is 0 Å². The summed E-state index contributed by atoms with van der Waals surface area (Å²) >= 11 is 0. The number of aryl methyl sites for hydroxylation is 1. The molecule has 0 aliphatic carbocycles. The maximum Gasteiger partial charge on any atom is 0.128 e. The number of benzene rings is 4. The van der Waals surface area contributed by atoms with Gasteiger partial charge in [-0.25, -0.2) is 0 Å². The van der Waals surface area contributed by atoms with Crippen molar-refractivity contribution in [3.05, 3.63) is 120 Å². The monoisotopic (exact) mass is 448 g/mol. The normalized spacial score (nSPS) is 11.0. The second-order valence-corrected chi connectivity index (χ2v) is 8.43. The Kier molecular flexibility index (Phi) is 6.59. The molecule has 4 aromatic carbocycles. The first-order valence-electron chi connectivity index (χ1n) is 11.6. The molecule has 0 saturated heterocycles. The van der Waals surface area contributed by atoms with Gasteiger partial charge in [0.25, 0.3) is 0 Å². The topological polar surface area (TPSA) is 46.3 Å². The molecular weight excluding hydrogens is 420 g/mol. The fourth-order valence-electron chi connectivity index (χ4n) is 3.97. The van der Waals surface area contributed by atoms with Gasteiger partial charge in [-0.2, -0.15) is 0 Å². The number of rotatable bonds is 9. The number of aromatic nitrogens is 1. The van der Waals surface area contributed by atoms with Crippen LogP contribution in [0.25, 0.3) is 10.9 Å². The van der Waals surface area contributed by atoms with Gasteiger partial charge in [0.2, 0.25) is 0 Å². The minimum atomic E-state index is 0.788. The van der Waals surface area contributed by atoms with Crippen LogP contribution in [0.3, 0.4) is 0 Å². The van der Waals surface area contributed by atoms with Crippen LogP contribution in [-0.2, 0) is 13.0 Å². The first-order valence-corrected chi connectivity index (χ1v) is 11.6. The highest BCUT2D eigenvalue weighted by Crippen LogP contribution is 2.28. The van der Waals surface area contributed by atoms with Crippen LogP contribution in [0.5, 0.6) is 23.0 Å². The summed E-state index contributed by atoms with van der Waals surface area (Å²) in [7, 11) is 0. The number of hydrogen-bond donors (Lipinski definition) is 2. The maximum absolute atomic E-state index is 6.06. The van der Waals surface area contributed by atoms with Gasteiger partial charge in [-0.05, 0) is 85.6 Å². The lowest BCUT2D eigenvalue weighted by Gasteiger charge is -2.09. The van der Waals surface area contributed by atoms with Gasteiger partial charge in [-0.15, -0.1) is 0 Å². The second-order valence-electron chi connectivity index (χ2n) is 8.43. The van der Waals surface area contributed by atoms with Gasteiger partial charge < -0.3 is 19.8 Å². The summed E-state index contributed by atoms with van der Waals surface area (Å²) < 4.78 is 12.0. The zero-order valence-corrected chi connectivity index (χ0v) is 19.3. The molecule has 0 bridgehead atoms. The Balaban J connectivity index is 1.18. The molecule has 0 spiro atoms. The van der Waals surface area contributed by atoms with E-state index in [9.17, 15) is 0 Å². The van der Waals surface area contributed by atoms with Gasteiger partial charge in [0.05, 0.1) is 0 Å². The highest BCUT2D eigenvalue weighted by atomic mass is 16.5. The van der Waals surface area contributed by atoms with Crippen LogP contribution >= 0.6 is 0 Å². The third-order valence-corrected chi connectivity index (χ3v) is 5.77. The molecule has 170 valence electrons. The van der Waals surface area contributed by atoms with Gasteiger partial charge >= 0.3 is 0 Å². The SMILES string of the molecule is Cc1ccc(Oc2ccc3[nH]cc(CCNCc4cccc(Oc5ccccc5)c4)c3c2)cc1. The van der Waals surface area contributed by atoms with Crippen molar-refractivity contribution in [3.8, 4) is 23.0 Å². The van der Waals surface area contributed by atoms with E-state index in [0.717, 1.165) is 48.0 Å². The van der Waals surface area contributed by atoms with Crippen LogP contribution in [0.15, 0.2) is 103 Å². The number of fused-ring (bicyclic) bond motifs is 1. The Morgan fingerprint density at radius 1 is 0.706 bits per heavy atom. The lowest BCUT2D eigenvalue weighted by atomic mass is 10.1. The minimum Gasteiger partial charge on any atom is -0.457 e. The van der Waals surface area contributed by atoms with Crippen LogP contribution in [0.1, 0.15) is 16.7 Å². The molecule has 4 nitrogen and oxygen atoms in total. The molecule has 0 amide bonds. The smallest absolute Gasteiger partial charge is 0.128 e. The fraction of sp³-hybridized carbons (Fsp3) is 0.133. The van der Waals surface area contributed by atoms with E-state index in [-0.39, 0.29) is 0 Å². The molecule has 0 fully saturated rings. The molecule has 1 heterocycles. The summed E-state index contributed by atoms with van der Waals surface area (Å²) in [4.78, 5) is 3.38. The number of para-hydroxylation sites is 1. The number of ether oxygens (including phenoxy) is 2. The van der Waals surface area contributed by atoms with Gasteiger partial charge in [0.1, 0.15) is 23.0 Å². The van der Waals surface area contributed by atoms with Crippen molar-refractivity contribution in [1.29, 1.82) is 0 Å². The highest BCUT2D eigenvalue weighted by molar-refractivity contribution is 5.84. The lowest BCUT2D eigenvalue weighted by molar-refractivity contribution is 0.481. The van der Waals surface area contributed by atoms with Gasteiger partial charge in [0, 0.05) is 23.6 Å². The molecule has 34 heavy (non-hydrogen) atoms. The first-order chi connectivity index (χ1) is 16.7. The number of nitrogens with one attached hydrogen (secondary N) is 2. The van der Waals surface area contributed by atoms with E-state index in [1.807, 2.05) is 60.7 Å². The summed E-state index contributed by atoms with van der Waals surface area (Å²) in [5.41, 5.74) is 4.81. The van der Waals surface area contributed by atoms with E-state index in [4.69, 9.17) is 9.47 Å². The Morgan fingerprint density at radius 2 is 1.41 bits per heavy atom. The van der Waals surface area contributed by atoms with Crippen LogP contribution in [0.4, 0.5) is 0 Å². The van der Waals surface area contributed by atoms with Crippen molar-refractivity contribution in [2.24, 2.45) is 0 Å². The standard InChI is InChI=1S/C30H28N2O2/c1-22-10-12-26(13-11-22)34-28-14-15-30-29(19-28)24(21-32-30)16-17-31-20-23-6-5-9-27(18-23)33-25-7-3-2-4-8-25/h2-15,18-19,21,31-32H,16-17,20H2,1H3. The molecule has 4 heteroatoms. The predicted molar refractivity (Wildman–Crippen MR) is 138 cm³/mol. The number of H-pyrrole nitrogens is 1. The summed E-state index contributed by atoms with van der Waals surface area (Å²) in [6, 6.07) is 32.4. The Labute approximate surface area is 200 Å². The van der Waals surface area contributed by atoms with Gasteiger partial charge in [-0.1, -0.05) is 48.0 Å². The van der Waals surface area contributed by atoms with Crippen LogP contribution < -0.4 is 14.8 Å². The Bertz CT molecular complexity index is 1360. The Hall–Kier alpha value is -4.02. The average Bonchev–Trinajstić information content (AvgIpc) is 3.26. The van der Waals surface area contributed by atoms with Crippen LogP contribution in [0, 0.1) is 6.92 Å². The third kappa shape index (κ3) is 5.48. The quantitative estimate of drug-likeness (QED) is 0.231. The fourth-order valence-corrected chi connectivity index (χ4v) is 3.97. The molecular formula is C30H28N2O2. The van der Waals surface area contributed by atoms with Crippen molar-refractivity contribution in [2.75, 3.05) is 6.54 Å². The van der Waals surface area contributed by atoms with Gasteiger partial charge in [0.15, 0.2) is 0 Å². The molecule has 1 aromatic heterocycles. The van der Waals surface area contributed by atoms with E-state index in [0.29, 0.717) is 0 Å². The van der Waals surface area contributed by atoms with E-state index in [1.165, 1.54) is 22.1 Å². The summed E-state index contributed by atoms with van der Waals surface area (Å²) in [6.45, 7) is 3.74. The predicted octanol–water partition coefficient (Wildman–Crippen LogP) is 7.39. The van der Waals surface area contributed by atoms with Crippen LogP contribution in [0.2, 0.25) is 0 Å². The molecule has 0 radical (unpaired) electrons. The first kappa shape index (κ1) is 21.8. The van der Waals surface area contributed by atoms with E-state index in [2.05, 4.69) is 59.8 Å². The molecule has 2 N–H and O–H groups in total. The van der Waals surface area contributed by atoms with Crippen molar-refractivity contribution in [1.82, 2.24) is 10.3 Å². The van der Waals surface area contributed by atoms with E-state index in [1.54, 1.807) is 0 Å². The summed E-state index contributed by atoms with van der Waals surface area (Å²) in [6.07, 6.45) is 3.02. The molecule has 0 aliphatic rings. The van der Waals surface area contributed by atoms with Crippen molar-refractivity contribution < 1.29 is 9.47 Å². The highest BCUT2D eigenvalue weighted by Gasteiger charge is 2.07. The average molecular weight is 449 g/mol. The second kappa shape index (κ2) is 10.3. The van der Waals surface area contributed by atoms with Crippen molar-refractivity contribution in [2.45, 2.75) is 19.9 Å². The molecule has 0 saturated carbocycles. The molecule has 0 unspecified atom stereocenters. The maximum atomic E-state index is 6.06. The zero-order valence-electron chi connectivity index (χ0n) is 19.3. The number of aromatic amines is 1. The molecule has 5 rings (SSSR count). The molecule has 0 aliphatic heterocycles. The van der Waals surface area contributed by atoms with E-state index < -0.39 is 0 Å². The summed E-state index contributed by atoms with van der Waals surface area (Å²) in [5.74, 6) is 3.39. The van der Waals surface area contributed by atoms with Crippen molar-refractivity contribution >= 4 is 10.9 Å². The van der Waals surface area contributed by atoms with Crippen molar-refractivity contribution in [3.63, 3.8) is 0 Å². The number of hydrogen-bond acceptors (Lipinski definition) is 3. The zero-order chi connectivity index (χ0) is 23.2. The largest absolute Gasteiger partial charge is 0.457 e. The lowest BCUT2D eigenvalue weighted by Crippen LogP contribution is -2.16. The minimum absolute atomic E-state index is 0.788. The third-order valence-electron chi connectivity index (χ3n) is 5.77.